The minimum absolute atomic E-state index is 0.272. The SMILES string of the molecule is COc1c(C)cnc(Cn2nc3c4c(nc(N)nc42)SCC(CCNC2CCC2)=C3)c1C. The summed E-state index contributed by atoms with van der Waals surface area (Å²) in [4.78, 5) is 13.7. The van der Waals surface area contributed by atoms with Crippen LogP contribution in [0.25, 0.3) is 17.1 Å². The first kappa shape index (κ1) is 21.2. The average molecular weight is 452 g/mol. The van der Waals surface area contributed by atoms with Crippen molar-refractivity contribution in [2.24, 2.45) is 0 Å². The molecular weight excluding hydrogens is 422 g/mol. The van der Waals surface area contributed by atoms with E-state index < -0.39 is 0 Å². The summed E-state index contributed by atoms with van der Waals surface area (Å²) < 4.78 is 7.47. The molecule has 1 aliphatic carbocycles. The van der Waals surface area contributed by atoms with E-state index in [2.05, 4.69) is 26.3 Å². The molecule has 32 heavy (non-hydrogen) atoms. The molecule has 2 aliphatic rings. The Balaban J connectivity index is 1.48. The number of hydrogen-bond acceptors (Lipinski definition) is 8. The van der Waals surface area contributed by atoms with Gasteiger partial charge in [0.05, 0.1) is 30.4 Å². The van der Waals surface area contributed by atoms with Crippen molar-refractivity contribution in [3.05, 3.63) is 34.3 Å². The van der Waals surface area contributed by atoms with Crippen LogP contribution in [0.1, 0.15) is 48.2 Å². The number of ether oxygens (including phenoxy) is 1. The molecular formula is C23H29N7OS. The summed E-state index contributed by atoms with van der Waals surface area (Å²) in [5, 5.41) is 10.5. The van der Waals surface area contributed by atoms with Crippen molar-refractivity contribution in [1.29, 1.82) is 0 Å². The Bertz CT molecular complexity index is 1200. The van der Waals surface area contributed by atoms with Gasteiger partial charge in [0.25, 0.3) is 0 Å². The minimum Gasteiger partial charge on any atom is -0.496 e. The zero-order valence-electron chi connectivity index (χ0n) is 18.8. The van der Waals surface area contributed by atoms with Crippen molar-refractivity contribution in [1.82, 2.24) is 30.0 Å². The molecule has 0 atom stereocenters. The Morgan fingerprint density at radius 2 is 2.12 bits per heavy atom. The van der Waals surface area contributed by atoms with Crippen LogP contribution in [0.5, 0.6) is 5.75 Å². The zero-order chi connectivity index (χ0) is 22.2. The van der Waals surface area contributed by atoms with Gasteiger partial charge in [0, 0.05) is 29.1 Å². The summed E-state index contributed by atoms with van der Waals surface area (Å²) in [7, 11) is 1.69. The van der Waals surface area contributed by atoms with E-state index in [-0.39, 0.29) is 5.95 Å². The third-order valence-electron chi connectivity index (χ3n) is 6.37. The lowest BCUT2D eigenvalue weighted by Crippen LogP contribution is -2.35. The minimum atomic E-state index is 0.272. The Labute approximate surface area is 192 Å². The van der Waals surface area contributed by atoms with E-state index in [9.17, 15) is 0 Å². The Hall–Kier alpha value is -2.65. The average Bonchev–Trinajstić information content (AvgIpc) is 2.96. The predicted octanol–water partition coefficient (Wildman–Crippen LogP) is 3.50. The topological polar surface area (TPSA) is 104 Å². The van der Waals surface area contributed by atoms with Crippen molar-refractivity contribution < 1.29 is 4.74 Å². The van der Waals surface area contributed by atoms with Crippen molar-refractivity contribution in [3.8, 4) is 5.75 Å². The van der Waals surface area contributed by atoms with E-state index >= 15 is 0 Å². The summed E-state index contributed by atoms with van der Waals surface area (Å²) in [5.41, 5.74) is 12.0. The van der Waals surface area contributed by atoms with Gasteiger partial charge in [-0.1, -0.05) is 12.0 Å². The molecule has 0 unspecified atom stereocenters. The molecule has 168 valence electrons. The van der Waals surface area contributed by atoms with Gasteiger partial charge in [-0.15, -0.1) is 11.8 Å². The summed E-state index contributed by atoms with van der Waals surface area (Å²) in [5.74, 6) is 2.03. The number of nitrogens with zero attached hydrogens (tertiary/aromatic N) is 5. The standard InChI is InChI=1S/C23H29N7OS/c1-13-10-26-18(14(2)20(13)31-3)11-30-21-19-17(29-30)9-15(7-8-25-16-5-4-6-16)12-32-22(19)28-23(24)27-21/h9-10,16,25H,4-8,11-12H2,1-3H3,(H2,24,27,28). The Morgan fingerprint density at radius 1 is 1.28 bits per heavy atom. The van der Waals surface area contributed by atoms with Crippen LogP contribution >= 0.6 is 11.8 Å². The van der Waals surface area contributed by atoms with E-state index in [1.54, 1.807) is 18.9 Å². The first-order valence-corrected chi connectivity index (χ1v) is 12.1. The Kier molecular flexibility index (Phi) is 5.77. The second kappa shape index (κ2) is 8.71. The van der Waals surface area contributed by atoms with E-state index in [4.69, 9.17) is 15.6 Å². The predicted molar refractivity (Wildman–Crippen MR) is 128 cm³/mol. The number of aromatic nitrogens is 5. The molecule has 3 aromatic heterocycles. The van der Waals surface area contributed by atoms with Gasteiger partial charge < -0.3 is 15.8 Å². The van der Waals surface area contributed by atoms with Gasteiger partial charge in [-0.25, -0.2) is 9.67 Å². The van der Waals surface area contributed by atoms with E-state index in [0.717, 1.165) is 63.0 Å². The van der Waals surface area contributed by atoms with Crippen molar-refractivity contribution >= 4 is 34.8 Å². The molecule has 1 fully saturated rings. The molecule has 9 heteroatoms. The zero-order valence-corrected chi connectivity index (χ0v) is 19.6. The van der Waals surface area contributed by atoms with Gasteiger partial charge in [-0.3, -0.25) is 4.98 Å². The van der Waals surface area contributed by atoms with Gasteiger partial charge in [0.1, 0.15) is 10.8 Å². The molecule has 1 aliphatic heterocycles. The molecule has 5 rings (SSSR count). The van der Waals surface area contributed by atoms with Crippen LogP contribution in [-0.2, 0) is 6.54 Å². The molecule has 0 aromatic carbocycles. The molecule has 0 radical (unpaired) electrons. The Morgan fingerprint density at radius 3 is 2.88 bits per heavy atom. The molecule has 0 bridgehead atoms. The van der Waals surface area contributed by atoms with Crippen molar-refractivity contribution in [3.63, 3.8) is 0 Å². The van der Waals surface area contributed by atoms with Crippen LogP contribution in [0, 0.1) is 13.8 Å². The van der Waals surface area contributed by atoms with Crippen LogP contribution in [-0.4, -0.2) is 50.2 Å². The highest BCUT2D eigenvalue weighted by Gasteiger charge is 2.22. The van der Waals surface area contributed by atoms with E-state index in [1.807, 2.05) is 24.7 Å². The lowest BCUT2D eigenvalue weighted by atomic mass is 9.93. The summed E-state index contributed by atoms with van der Waals surface area (Å²) in [6.07, 6.45) is 9.01. The second-order valence-corrected chi connectivity index (χ2v) is 9.56. The van der Waals surface area contributed by atoms with E-state index in [0.29, 0.717) is 12.6 Å². The number of aryl methyl sites for hydroxylation is 1. The number of nitrogens with two attached hydrogens (primary N) is 1. The summed E-state index contributed by atoms with van der Waals surface area (Å²) >= 11 is 1.72. The van der Waals surface area contributed by atoms with E-state index in [1.165, 1.54) is 24.8 Å². The third kappa shape index (κ3) is 3.95. The fourth-order valence-electron chi connectivity index (χ4n) is 4.36. The molecule has 3 N–H and O–H groups in total. The lowest BCUT2D eigenvalue weighted by molar-refractivity contribution is 0.342. The molecule has 0 saturated heterocycles. The molecule has 8 nitrogen and oxygen atoms in total. The molecule has 3 aromatic rings. The van der Waals surface area contributed by atoms with Crippen LogP contribution in [0.4, 0.5) is 5.95 Å². The number of rotatable bonds is 7. The highest BCUT2D eigenvalue weighted by molar-refractivity contribution is 7.99. The monoisotopic (exact) mass is 451 g/mol. The molecule has 0 spiro atoms. The number of pyridine rings is 1. The normalized spacial score (nSPS) is 16.0. The third-order valence-corrected chi connectivity index (χ3v) is 7.46. The maximum absolute atomic E-state index is 6.07. The maximum atomic E-state index is 6.07. The fourth-order valence-corrected chi connectivity index (χ4v) is 5.41. The van der Waals surface area contributed by atoms with Crippen LogP contribution < -0.4 is 15.8 Å². The number of nitrogens with one attached hydrogen (secondary N) is 1. The number of nitrogen functional groups attached to an aromatic ring is 1. The highest BCUT2D eigenvalue weighted by Crippen LogP contribution is 2.35. The largest absolute Gasteiger partial charge is 0.496 e. The number of methoxy groups -OCH3 is 1. The first-order chi connectivity index (χ1) is 15.5. The van der Waals surface area contributed by atoms with Gasteiger partial charge in [-0.2, -0.15) is 10.1 Å². The lowest BCUT2D eigenvalue weighted by Gasteiger charge is -2.26. The number of thioether (sulfide) groups is 1. The van der Waals surface area contributed by atoms with Gasteiger partial charge in [-0.05, 0) is 45.7 Å². The molecule has 0 amide bonds. The van der Waals surface area contributed by atoms with Crippen molar-refractivity contribution in [2.75, 3.05) is 25.1 Å². The summed E-state index contributed by atoms with van der Waals surface area (Å²) in [6.45, 7) is 5.52. The quantitative estimate of drug-likeness (QED) is 0.526. The van der Waals surface area contributed by atoms with Crippen LogP contribution in [0.2, 0.25) is 0 Å². The van der Waals surface area contributed by atoms with Gasteiger partial charge >= 0.3 is 0 Å². The molecule has 1 saturated carbocycles. The van der Waals surface area contributed by atoms with Crippen molar-refractivity contribution in [2.45, 2.75) is 57.1 Å². The number of anilines is 1. The highest BCUT2D eigenvalue weighted by atomic mass is 32.2. The van der Waals surface area contributed by atoms with Crippen LogP contribution in [0.15, 0.2) is 16.8 Å². The fraction of sp³-hybridized carbons (Fsp3) is 0.478. The summed E-state index contributed by atoms with van der Waals surface area (Å²) in [6, 6.07) is 0.699. The van der Waals surface area contributed by atoms with Gasteiger partial charge in [0.15, 0.2) is 5.65 Å². The second-order valence-electron chi connectivity index (χ2n) is 8.60. The number of hydrogen-bond donors (Lipinski definition) is 2. The molecule has 4 heterocycles. The smallest absolute Gasteiger partial charge is 0.223 e. The van der Waals surface area contributed by atoms with Crippen LogP contribution in [0.3, 0.4) is 0 Å². The maximum Gasteiger partial charge on any atom is 0.223 e. The first-order valence-electron chi connectivity index (χ1n) is 11.1. The van der Waals surface area contributed by atoms with Gasteiger partial charge in [0.2, 0.25) is 5.95 Å².